The second-order valence-corrected chi connectivity index (χ2v) is 23.1. The molecule has 8 aromatic rings. The molecule has 6 aromatic carbocycles. The van der Waals surface area contributed by atoms with Crippen molar-refractivity contribution in [2.75, 3.05) is 23.7 Å². The molecular formula is C63H57Cl2F3N8O9S2. The van der Waals surface area contributed by atoms with E-state index >= 15 is 0 Å². The first-order valence-electron chi connectivity index (χ1n) is 27.7. The highest BCUT2D eigenvalue weighted by Crippen LogP contribution is 2.37. The van der Waals surface area contributed by atoms with E-state index in [-0.39, 0.29) is 42.5 Å². The van der Waals surface area contributed by atoms with Gasteiger partial charge in [0, 0.05) is 35.3 Å². The van der Waals surface area contributed by atoms with Gasteiger partial charge in [0.2, 0.25) is 0 Å². The number of urea groups is 2. The number of aromatic nitrogens is 2. The molecule has 450 valence electrons. The Kier molecular flexibility index (Phi) is 20.9. The number of benzene rings is 6. The summed E-state index contributed by atoms with van der Waals surface area (Å²) in [5, 5.41) is 35.7. The van der Waals surface area contributed by atoms with Gasteiger partial charge in [-0.1, -0.05) is 131 Å². The number of nitrogens with one attached hydrogen (secondary N) is 6. The molecule has 0 saturated carbocycles. The summed E-state index contributed by atoms with van der Waals surface area (Å²) in [4.78, 5) is 81.5. The SMILES string of the molecule is O=C(O)CCNC(=O)c1ccc(C(NC(=O)Nc2nc3cc(Cl)cc(Cl)c3s2)c2ccc(C3=CCCCC3)cc2)cc1.O=C(O)CCNC(=O)c1ccc(C(NC(=O)Nc2nc3cc(OC(F)(F)F)ccc3s2)c2ccc(C3=CCCCC3)cc2)cc1. The summed E-state index contributed by atoms with van der Waals surface area (Å²) in [6.45, 7) is 0.0255. The quantitative estimate of drug-likeness (QED) is 0.0378. The maximum absolute atomic E-state index is 13.2. The van der Waals surface area contributed by atoms with Gasteiger partial charge in [-0.25, -0.2) is 19.6 Å². The molecule has 2 heterocycles. The molecule has 0 fully saturated rings. The summed E-state index contributed by atoms with van der Waals surface area (Å²) >= 11 is 14.7. The number of carbonyl (C=O) groups is 6. The molecule has 2 aliphatic rings. The molecule has 2 aliphatic carbocycles. The van der Waals surface area contributed by atoms with E-state index in [0.29, 0.717) is 42.1 Å². The fraction of sp³-hybridized carbons (Fsp3) is 0.238. The Labute approximate surface area is 515 Å². The van der Waals surface area contributed by atoms with E-state index < -0.39 is 54.1 Å². The van der Waals surface area contributed by atoms with Gasteiger partial charge in [0.05, 0.1) is 50.4 Å². The molecule has 0 bridgehead atoms. The van der Waals surface area contributed by atoms with E-state index in [1.165, 1.54) is 59.4 Å². The van der Waals surface area contributed by atoms with Gasteiger partial charge >= 0.3 is 30.4 Å². The van der Waals surface area contributed by atoms with Gasteiger partial charge in [-0.2, -0.15) is 0 Å². The lowest BCUT2D eigenvalue weighted by atomic mass is 9.91. The number of anilines is 2. The Morgan fingerprint density at radius 3 is 1.45 bits per heavy atom. The van der Waals surface area contributed by atoms with Crippen molar-refractivity contribution in [2.24, 2.45) is 0 Å². The van der Waals surface area contributed by atoms with Crippen LogP contribution in [0.4, 0.5) is 33.0 Å². The van der Waals surface area contributed by atoms with Gasteiger partial charge in [-0.15, -0.1) is 13.2 Å². The number of carboxylic acids is 2. The second kappa shape index (κ2) is 29.0. The van der Waals surface area contributed by atoms with Crippen LogP contribution in [-0.4, -0.2) is 75.4 Å². The zero-order valence-electron chi connectivity index (χ0n) is 46.3. The minimum absolute atomic E-state index is 0.00845. The molecule has 2 atom stereocenters. The van der Waals surface area contributed by atoms with Crippen molar-refractivity contribution in [3.05, 3.63) is 194 Å². The smallest absolute Gasteiger partial charge is 0.481 e. The lowest BCUT2D eigenvalue weighted by Gasteiger charge is -2.21. The molecule has 17 nitrogen and oxygen atoms in total. The summed E-state index contributed by atoms with van der Waals surface area (Å²) in [7, 11) is 0. The largest absolute Gasteiger partial charge is 0.573 e. The van der Waals surface area contributed by atoms with Gasteiger partial charge in [0.1, 0.15) is 5.75 Å². The highest BCUT2D eigenvalue weighted by molar-refractivity contribution is 7.23. The van der Waals surface area contributed by atoms with E-state index in [1.807, 2.05) is 36.4 Å². The Morgan fingerprint density at radius 1 is 0.563 bits per heavy atom. The molecular weight excluding hydrogens is 1200 g/mol. The van der Waals surface area contributed by atoms with Crippen molar-refractivity contribution < 1.29 is 56.9 Å². The molecule has 0 aliphatic heterocycles. The molecule has 2 unspecified atom stereocenters. The third-order valence-corrected chi connectivity index (χ3v) is 16.7. The Morgan fingerprint density at radius 2 is 1.01 bits per heavy atom. The fourth-order valence-electron chi connectivity index (χ4n) is 9.82. The third-order valence-electron chi connectivity index (χ3n) is 14.1. The van der Waals surface area contributed by atoms with Crippen LogP contribution in [-0.2, 0) is 9.59 Å². The van der Waals surface area contributed by atoms with Crippen LogP contribution in [0.1, 0.15) is 130 Å². The zero-order valence-corrected chi connectivity index (χ0v) is 49.4. The number of carboxylic acid groups (broad SMARTS) is 2. The van der Waals surface area contributed by atoms with Gasteiger partial charge in [-0.3, -0.25) is 29.8 Å². The number of halogens is 5. The topological polar surface area (TPSA) is 250 Å². The van der Waals surface area contributed by atoms with Crippen LogP contribution in [0.3, 0.4) is 0 Å². The lowest BCUT2D eigenvalue weighted by molar-refractivity contribution is -0.274. The number of hydrogen-bond acceptors (Lipinski definition) is 11. The second-order valence-electron chi connectivity index (χ2n) is 20.3. The van der Waals surface area contributed by atoms with Crippen molar-refractivity contribution in [1.29, 1.82) is 0 Å². The van der Waals surface area contributed by atoms with Gasteiger partial charge in [0.25, 0.3) is 11.8 Å². The van der Waals surface area contributed by atoms with Crippen LogP contribution in [0.25, 0.3) is 31.6 Å². The van der Waals surface area contributed by atoms with Crippen molar-refractivity contribution in [2.45, 2.75) is 82.7 Å². The maximum Gasteiger partial charge on any atom is 0.573 e. The number of rotatable bonds is 19. The van der Waals surface area contributed by atoms with Crippen LogP contribution in [0, 0.1) is 0 Å². The molecule has 0 saturated heterocycles. The third kappa shape index (κ3) is 17.7. The fourth-order valence-corrected chi connectivity index (χ4v) is 12.1. The van der Waals surface area contributed by atoms with Crippen molar-refractivity contribution in [3.8, 4) is 5.75 Å². The number of ether oxygens (including phenoxy) is 1. The first-order chi connectivity index (χ1) is 41.8. The zero-order chi connectivity index (χ0) is 61.6. The molecule has 6 amide bonds. The van der Waals surface area contributed by atoms with Crippen LogP contribution in [0.5, 0.6) is 5.75 Å². The van der Waals surface area contributed by atoms with E-state index in [4.69, 9.17) is 33.4 Å². The number of carbonyl (C=O) groups excluding carboxylic acids is 4. The summed E-state index contributed by atoms with van der Waals surface area (Å²) < 4.78 is 43.1. The molecule has 10 rings (SSSR count). The molecule has 0 spiro atoms. The average molecular weight is 1260 g/mol. The van der Waals surface area contributed by atoms with Crippen molar-refractivity contribution in [3.63, 3.8) is 0 Å². The maximum atomic E-state index is 13.2. The molecule has 0 radical (unpaired) electrons. The average Bonchev–Trinajstić information content (AvgIpc) is 2.71. The van der Waals surface area contributed by atoms with E-state index in [1.54, 1.807) is 60.7 Å². The molecule has 87 heavy (non-hydrogen) atoms. The first kappa shape index (κ1) is 62.7. The van der Waals surface area contributed by atoms with Crippen molar-refractivity contribution in [1.82, 2.24) is 31.2 Å². The van der Waals surface area contributed by atoms with E-state index in [9.17, 15) is 41.9 Å². The first-order valence-corrected chi connectivity index (χ1v) is 30.1. The number of aliphatic carboxylic acids is 2. The van der Waals surface area contributed by atoms with Crippen molar-refractivity contribution >= 4 is 124 Å². The molecule has 2 aromatic heterocycles. The summed E-state index contributed by atoms with van der Waals surface area (Å²) in [6.07, 6.45) is 8.22. The standard InChI is InChI=1S/C32H29F3N4O5S.C31H28Cl2N4O4S/c33-32(34,35)44-24-14-15-26-25(18-24)37-31(45-26)39-30(43)38-28(21-8-6-20(7-9-21)19-4-2-1-3-5-19)22-10-12-23(13-11-22)29(42)36-17-16-27(40)41;32-23-16-24(33)28-25(17-23)35-31(42-28)37-30(41)36-27(20-8-6-19(7-9-20)18-4-2-1-3-5-18)21-10-12-22(13-11-21)29(40)34-15-14-26(38)39/h4,6-15,18,28H,1-3,5,16-17H2,(H,36,42)(H,40,41)(H2,37,38,39,43);4,6-13,16-17,27H,1-3,5,14-15H2,(H,34,40)(H,38,39)(H2,35,36,37,41). The normalized spacial score (nSPS) is 13.8. The van der Waals surface area contributed by atoms with Gasteiger partial charge in [0.15, 0.2) is 10.3 Å². The van der Waals surface area contributed by atoms with Crippen LogP contribution >= 0.6 is 45.9 Å². The Hall–Kier alpha value is -8.83. The Balaban J connectivity index is 0.000000208. The highest BCUT2D eigenvalue weighted by Gasteiger charge is 2.31. The predicted octanol–water partition coefficient (Wildman–Crippen LogP) is 14.9. The monoisotopic (exact) mass is 1260 g/mol. The Bertz CT molecular complexity index is 3880. The minimum atomic E-state index is -4.84. The van der Waals surface area contributed by atoms with Gasteiger partial charge in [-0.05, 0) is 144 Å². The lowest BCUT2D eigenvalue weighted by Crippen LogP contribution is -2.33. The minimum Gasteiger partial charge on any atom is -0.481 e. The van der Waals surface area contributed by atoms with E-state index in [0.717, 1.165) is 76.5 Å². The number of fused-ring (bicyclic) bond motifs is 2. The number of hydrogen-bond donors (Lipinski definition) is 8. The molecule has 24 heteroatoms. The summed E-state index contributed by atoms with van der Waals surface area (Å²) in [6, 6.07) is 34.3. The number of allylic oxidation sites excluding steroid dienone is 4. The van der Waals surface area contributed by atoms with Gasteiger partial charge < -0.3 is 36.2 Å². The number of alkyl halides is 3. The number of nitrogens with zero attached hydrogens (tertiary/aromatic N) is 2. The number of thiazole rings is 2. The van der Waals surface area contributed by atoms with Crippen LogP contribution < -0.4 is 36.6 Å². The van der Waals surface area contributed by atoms with Crippen LogP contribution in [0.2, 0.25) is 10.0 Å². The summed E-state index contributed by atoms with van der Waals surface area (Å²) in [5.41, 5.74) is 9.52. The highest BCUT2D eigenvalue weighted by atomic mass is 35.5. The summed E-state index contributed by atoms with van der Waals surface area (Å²) in [5.74, 6) is -3.21. The number of amides is 6. The predicted molar refractivity (Wildman–Crippen MR) is 332 cm³/mol. The van der Waals surface area contributed by atoms with Crippen LogP contribution in [0.15, 0.2) is 140 Å². The van der Waals surface area contributed by atoms with E-state index in [2.05, 4.69) is 70.9 Å². The molecule has 8 N–H and O–H groups in total.